The standard InChI is InChI=1S/C10H9O4/c1-7(12)14-10-4-3-9(13-2)5-8(10)6-11/h3-6H,1H2,2H3. The maximum atomic E-state index is 10.6. The van der Waals surface area contributed by atoms with E-state index >= 15 is 0 Å². The highest BCUT2D eigenvalue weighted by Crippen LogP contribution is 2.22. The van der Waals surface area contributed by atoms with Gasteiger partial charge >= 0.3 is 5.97 Å². The molecule has 1 radical (unpaired) electrons. The van der Waals surface area contributed by atoms with Crippen molar-refractivity contribution < 1.29 is 19.1 Å². The monoisotopic (exact) mass is 193 g/mol. The van der Waals surface area contributed by atoms with Gasteiger partial charge in [-0.3, -0.25) is 9.59 Å². The first-order valence-electron chi connectivity index (χ1n) is 3.84. The normalized spacial score (nSPS) is 9.29. The second kappa shape index (κ2) is 4.41. The van der Waals surface area contributed by atoms with Crippen LogP contribution in [-0.4, -0.2) is 19.4 Å². The fourth-order valence-electron chi connectivity index (χ4n) is 0.961. The van der Waals surface area contributed by atoms with Gasteiger partial charge in [0.15, 0.2) is 6.29 Å². The lowest BCUT2D eigenvalue weighted by Gasteiger charge is -2.05. The molecule has 0 spiro atoms. The van der Waals surface area contributed by atoms with Crippen LogP contribution in [0.2, 0.25) is 0 Å². The Labute approximate surface area is 81.4 Å². The Morgan fingerprint density at radius 1 is 1.50 bits per heavy atom. The molecule has 0 aliphatic heterocycles. The van der Waals surface area contributed by atoms with Crippen LogP contribution < -0.4 is 9.47 Å². The van der Waals surface area contributed by atoms with Gasteiger partial charge in [-0.2, -0.15) is 0 Å². The van der Waals surface area contributed by atoms with Crippen LogP contribution in [0.1, 0.15) is 10.4 Å². The van der Waals surface area contributed by atoms with Gasteiger partial charge in [-0.25, -0.2) is 0 Å². The van der Waals surface area contributed by atoms with Crippen molar-refractivity contribution in [3.05, 3.63) is 30.7 Å². The van der Waals surface area contributed by atoms with Crippen molar-refractivity contribution in [2.75, 3.05) is 7.11 Å². The minimum atomic E-state index is -0.710. The van der Waals surface area contributed by atoms with Crippen molar-refractivity contribution in [2.45, 2.75) is 0 Å². The summed E-state index contributed by atoms with van der Waals surface area (Å²) >= 11 is 0. The zero-order chi connectivity index (χ0) is 10.6. The average Bonchev–Trinajstić information content (AvgIpc) is 2.17. The van der Waals surface area contributed by atoms with Gasteiger partial charge in [0.05, 0.1) is 19.6 Å². The van der Waals surface area contributed by atoms with Gasteiger partial charge in [-0.1, -0.05) is 0 Å². The van der Waals surface area contributed by atoms with E-state index in [1.165, 1.54) is 19.2 Å². The first-order chi connectivity index (χ1) is 6.67. The molecular weight excluding hydrogens is 184 g/mol. The highest BCUT2D eigenvalue weighted by Gasteiger charge is 2.06. The first-order valence-corrected chi connectivity index (χ1v) is 3.84. The molecule has 73 valence electrons. The Bertz CT molecular complexity index is 357. The molecular formula is C10H9O4. The van der Waals surface area contributed by atoms with Crippen LogP contribution in [0.3, 0.4) is 0 Å². The smallest absolute Gasteiger partial charge is 0.311 e. The number of carbonyl (C=O) groups excluding carboxylic acids is 2. The van der Waals surface area contributed by atoms with Gasteiger partial charge < -0.3 is 9.47 Å². The zero-order valence-corrected chi connectivity index (χ0v) is 7.65. The fraction of sp³-hybridized carbons (Fsp3) is 0.100. The van der Waals surface area contributed by atoms with E-state index in [4.69, 9.17) is 9.47 Å². The van der Waals surface area contributed by atoms with Crippen LogP contribution in [0.15, 0.2) is 18.2 Å². The van der Waals surface area contributed by atoms with E-state index < -0.39 is 5.97 Å². The molecule has 0 amide bonds. The number of carbonyl (C=O) groups is 2. The SMILES string of the molecule is [CH2]C(=O)Oc1ccc(OC)cc1C=O. The van der Waals surface area contributed by atoms with Crippen molar-refractivity contribution in [2.24, 2.45) is 0 Å². The second-order valence-corrected chi connectivity index (χ2v) is 2.50. The molecule has 14 heavy (non-hydrogen) atoms. The third-order valence-corrected chi connectivity index (χ3v) is 1.57. The number of methoxy groups -OCH3 is 1. The predicted molar refractivity (Wildman–Crippen MR) is 49.4 cm³/mol. The molecule has 0 atom stereocenters. The molecule has 0 bridgehead atoms. The molecule has 1 aromatic rings. The molecule has 0 saturated carbocycles. The van der Waals surface area contributed by atoms with Crippen LogP contribution >= 0.6 is 0 Å². The van der Waals surface area contributed by atoms with E-state index in [0.29, 0.717) is 12.0 Å². The summed E-state index contributed by atoms with van der Waals surface area (Å²) in [5.41, 5.74) is 0.251. The first kappa shape index (κ1) is 10.2. The van der Waals surface area contributed by atoms with Crippen LogP contribution in [0.4, 0.5) is 0 Å². The molecule has 0 fully saturated rings. The Balaban J connectivity index is 3.04. The van der Waals surface area contributed by atoms with Crippen LogP contribution in [0.25, 0.3) is 0 Å². The molecule has 0 aromatic heterocycles. The Morgan fingerprint density at radius 3 is 2.71 bits per heavy atom. The number of benzene rings is 1. The predicted octanol–water partition coefficient (Wildman–Crippen LogP) is 1.25. The summed E-state index contributed by atoms with van der Waals surface area (Å²) in [5.74, 6) is -0.00460. The lowest BCUT2D eigenvalue weighted by molar-refractivity contribution is -0.129. The number of esters is 1. The average molecular weight is 193 g/mol. The van der Waals surface area contributed by atoms with Gasteiger partial charge in [-0.05, 0) is 18.2 Å². The second-order valence-electron chi connectivity index (χ2n) is 2.50. The van der Waals surface area contributed by atoms with E-state index in [-0.39, 0.29) is 11.3 Å². The number of hydrogen-bond donors (Lipinski definition) is 0. The summed E-state index contributed by atoms with van der Waals surface area (Å²) in [6.07, 6.45) is 0.584. The maximum absolute atomic E-state index is 10.6. The molecule has 4 nitrogen and oxygen atoms in total. The quantitative estimate of drug-likeness (QED) is 0.412. The molecule has 0 N–H and O–H groups in total. The minimum absolute atomic E-state index is 0.181. The summed E-state index contributed by atoms with van der Waals surface area (Å²) in [4.78, 5) is 21.2. The molecule has 1 aromatic carbocycles. The van der Waals surface area contributed by atoms with Gasteiger partial charge in [0.25, 0.3) is 0 Å². The van der Waals surface area contributed by atoms with Gasteiger partial charge in [0.1, 0.15) is 11.5 Å². The Hall–Kier alpha value is -1.84. The third-order valence-electron chi connectivity index (χ3n) is 1.57. The van der Waals surface area contributed by atoms with E-state index in [0.717, 1.165) is 0 Å². The summed E-state index contributed by atoms with van der Waals surface area (Å²) in [6.45, 7) is 3.04. The lowest BCUT2D eigenvalue weighted by Crippen LogP contribution is -2.04. The highest BCUT2D eigenvalue weighted by molar-refractivity contribution is 5.84. The molecule has 0 unspecified atom stereocenters. The lowest BCUT2D eigenvalue weighted by atomic mass is 10.2. The topological polar surface area (TPSA) is 52.6 Å². The molecule has 0 aliphatic carbocycles. The van der Waals surface area contributed by atoms with E-state index in [1.807, 2.05) is 0 Å². The van der Waals surface area contributed by atoms with Crippen molar-refractivity contribution in [1.82, 2.24) is 0 Å². The van der Waals surface area contributed by atoms with Crippen molar-refractivity contribution in [3.63, 3.8) is 0 Å². The molecule has 0 heterocycles. The van der Waals surface area contributed by atoms with Crippen LogP contribution in [-0.2, 0) is 4.79 Å². The maximum Gasteiger partial charge on any atom is 0.311 e. The van der Waals surface area contributed by atoms with Gasteiger partial charge in [-0.15, -0.1) is 0 Å². The Morgan fingerprint density at radius 2 is 2.21 bits per heavy atom. The van der Waals surface area contributed by atoms with Gasteiger partial charge in [0, 0.05) is 0 Å². The van der Waals surface area contributed by atoms with Gasteiger partial charge in [0.2, 0.25) is 0 Å². The number of aldehydes is 1. The zero-order valence-electron chi connectivity index (χ0n) is 7.65. The summed E-state index contributed by atoms with van der Waals surface area (Å²) < 4.78 is 9.60. The number of ether oxygens (including phenoxy) is 2. The molecule has 0 saturated heterocycles. The Kier molecular flexibility index (Phi) is 3.23. The largest absolute Gasteiger partial charge is 0.497 e. The van der Waals surface area contributed by atoms with Crippen molar-refractivity contribution >= 4 is 12.3 Å². The third kappa shape index (κ3) is 2.32. The molecule has 0 aliphatic rings. The van der Waals surface area contributed by atoms with E-state index in [2.05, 4.69) is 6.92 Å². The van der Waals surface area contributed by atoms with E-state index in [9.17, 15) is 9.59 Å². The highest BCUT2D eigenvalue weighted by atomic mass is 16.5. The summed E-state index contributed by atoms with van der Waals surface area (Å²) in [5, 5.41) is 0. The number of rotatable bonds is 3. The van der Waals surface area contributed by atoms with Crippen LogP contribution in [0, 0.1) is 6.92 Å². The molecule has 1 rings (SSSR count). The van der Waals surface area contributed by atoms with Crippen molar-refractivity contribution in [3.8, 4) is 11.5 Å². The number of hydrogen-bond acceptors (Lipinski definition) is 4. The minimum Gasteiger partial charge on any atom is -0.497 e. The van der Waals surface area contributed by atoms with Crippen LogP contribution in [0.5, 0.6) is 11.5 Å². The van der Waals surface area contributed by atoms with E-state index in [1.54, 1.807) is 6.07 Å². The fourth-order valence-corrected chi connectivity index (χ4v) is 0.961. The van der Waals surface area contributed by atoms with Crippen molar-refractivity contribution in [1.29, 1.82) is 0 Å². The summed E-state index contributed by atoms with van der Waals surface area (Å²) in [7, 11) is 1.48. The summed E-state index contributed by atoms with van der Waals surface area (Å²) in [6, 6.07) is 4.54. The molecule has 4 heteroatoms.